The Morgan fingerprint density at radius 3 is 2.41 bits per heavy atom. The van der Waals surface area contributed by atoms with E-state index in [0.29, 0.717) is 25.5 Å². The number of benzene rings is 1. The summed E-state index contributed by atoms with van der Waals surface area (Å²) in [6, 6.07) is 3.67. The van der Waals surface area contributed by atoms with E-state index in [2.05, 4.69) is 4.72 Å². The largest absolute Gasteiger partial charge is 0.417 e. The predicted molar refractivity (Wildman–Crippen MR) is 76.9 cm³/mol. The van der Waals surface area contributed by atoms with Crippen LogP contribution < -0.4 is 10.5 Å². The molecule has 0 unspecified atom stereocenters. The molecule has 0 aliphatic rings. The third-order valence-electron chi connectivity index (χ3n) is 2.65. The molecule has 1 aromatic rings. The highest BCUT2D eigenvalue weighted by Crippen LogP contribution is 2.33. The van der Waals surface area contributed by atoms with Crippen molar-refractivity contribution >= 4 is 22.4 Å². The molecular weight excluding hydrogens is 343 g/mol. The molecule has 1 rings (SSSR count). The standard InChI is InChI=1S/C12H14F3N3O2S.ClH/c13-12(14,15)11-7-10(4-3-9(11)8-17)21(19,20)18-6-2-1-5-16;/h3-4,7,18H,1-2,5-6,16H2;1H. The molecule has 0 aliphatic carbocycles. The Kier molecular flexibility index (Phi) is 7.83. The van der Waals surface area contributed by atoms with E-state index in [1.54, 1.807) is 0 Å². The van der Waals surface area contributed by atoms with Gasteiger partial charge >= 0.3 is 6.18 Å². The Balaban J connectivity index is 0.00000441. The summed E-state index contributed by atoms with van der Waals surface area (Å²) in [5, 5.41) is 8.65. The van der Waals surface area contributed by atoms with Gasteiger partial charge in [0.2, 0.25) is 10.0 Å². The van der Waals surface area contributed by atoms with E-state index in [4.69, 9.17) is 11.0 Å². The van der Waals surface area contributed by atoms with Gasteiger partial charge in [-0.1, -0.05) is 0 Å². The number of sulfonamides is 1. The Morgan fingerprint density at radius 2 is 1.91 bits per heavy atom. The third kappa shape index (κ3) is 5.46. The lowest BCUT2D eigenvalue weighted by Gasteiger charge is -2.11. The number of nitrogens with one attached hydrogen (secondary N) is 1. The summed E-state index contributed by atoms with van der Waals surface area (Å²) in [6.45, 7) is 0.484. The second kappa shape index (κ2) is 8.33. The second-order valence-corrected chi connectivity index (χ2v) is 5.98. The van der Waals surface area contributed by atoms with Crippen LogP contribution in [0.5, 0.6) is 0 Å². The molecule has 5 nitrogen and oxygen atoms in total. The zero-order chi connectivity index (χ0) is 16.1. The molecule has 0 heterocycles. The number of halogens is 4. The van der Waals surface area contributed by atoms with Crippen LogP contribution in [0.2, 0.25) is 0 Å². The van der Waals surface area contributed by atoms with Gasteiger partial charge in [0.05, 0.1) is 22.1 Å². The summed E-state index contributed by atoms with van der Waals surface area (Å²) in [5.74, 6) is 0. The Hall–Kier alpha value is -1.34. The number of hydrogen-bond donors (Lipinski definition) is 2. The number of nitrogens with zero attached hydrogens (tertiary/aromatic N) is 1. The Morgan fingerprint density at radius 1 is 1.27 bits per heavy atom. The average Bonchev–Trinajstić information content (AvgIpc) is 2.42. The molecule has 0 spiro atoms. The van der Waals surface area contributed by atoms with Crippen LogP contribution in [0.25, 0.3) is 0 Å². The van der Waals surface area contributed by atoms with Crippen molar-refractivity contribution in [2.75, 3.05) is 13.1 Å². The maximum absolute atomic E-state index is 12.8. The van der Waals surface area contributed by atoms with Gasteiger partial charge in [0.1, 0.15) is 0 Å². The Bertz CT molecular complexity index is 642. The van der Waals surface area contributed by atoms with Crippen LogP contribution in [0.3, 0.4) is 0 Å². The molecule has 22 heavy (non-hydrogen) atoms. The number of hydrogen-bond acceptors (Lipinski definition) is 4. The molecule has 0 atom stereocenters. The summed E-state index contributed by atoms with van der Waals surface area (Å²) in [7, 11) is -4.05. The third-order valence-corrected chi connectivity index (χ3v) is 4.11. The first-order valence-corrected chi connectivity index (χ1v) is 7.52. The van der Waals surface area contributed by atoms with Crippen LogP contribution in [-0.4, -0.2) is 21.5 Å². The van der Waals surface area contributed by atoms with Crippen LogP contribution in [0.1, 0.15) is 24.0 Å². The lowest BCUT2D eigenvalue weighted by molar-refractivity contribution is -0.137. The van der Waals surface area contributed by atoms with Gasteiger partial charge in [0.25, 0.3) is 0 Å². The minimum absolute atomic E-state index is 0. The van der Waals surface area contributed by atoms with Crippen LogP contribution in [0.4, 0.5) is 13.2 Å². The lowest BCUT2D eigenvalue weighted by Crippen LogP contribution is -2.25. The number of alkyl halides is 3. The maximum Gasteiger partial charge on any atom is 0.417 e. The van der Waals surface area contributed by atoms with E-state index in [-0.39, 0.29) is 19.0 Å². The van der Waals surface area contributed by atoms with Crippen molar-refractivity contribution in [3.63, 3.8) is 0 Å². The lowest BCUT2D eigenvalue weighted by atomic mass is 10.1. The molecule has 10 heteroatoms. The van der Waals surface area contributed by atoms with Gasteiger partial charge in [0, 0.05) is 6.54 Å². The zero-order valence-electron chi connectivity index (χ0n) is 11.4. The summed E-state index contributed by atoms with van der Waals surface area (Å²) in [5.41, 5.74) is 3.37. The molecule has 3 N–H and O–H groups in total. The monoisotopic (exact) mass is 357 g/mol. The molecular formula is C12H15ClF3N3O2S. The van der Waals surface area contributed by atoms with Crippen molar-refractivity contribution < 1.29 is 21.6 Å². The number of nitriles is 1. The van der Waals surface area contributed by atoms with E-state index in [1.807, 2.05) is 0 Å². The van der Waals surface area contributed by atoms with Crippen LogP contribution in [0, 0.1) is 11.3 Å². The fourth-order valence-electron chi connectivity index (χ4n) is 1.58. The molecule has 0 fully saturated rings. The quantitative estimate of drug-likeness (QED) is 0.761. The van der Waals surface area contributed by atoms with Crippen LogP contribution in [-0.2, 0) is 16.2 Å². The molecule has 0 radical (unpaired) electrons. The van der Waals surface area contributed by atoms with Gasteiger partial charge in [-0.2, -0.15) is 18.4 Å². The molecule has 0 saturated carbocycles. The summed E-state index contributed by atoms with van der Waals surface area (Å²) >= 11 is 0. The maximum atomic E-state index is 12.8. The van der Waals surface area contributed by atoms with Crippen LogP contribution in [0.15, 0.2) is 23.1 Å². The van der Waals surface area contributed by atoms with Crippen molar-refractivity contribution in [3.8, 4) is 6.07 Å². The van der Waals surface area contributed by atoms with Gasteiger partial charge in [-0.3, -0.25) is 0 Å². The second-order valence-electron chi connectivity index (χ2n) is 4.21. The van der Waals surface area contributed by atoms with E-state index in [0.717, 1.165) is 12.1 Å². The highest BCUT2D eigenvalue weighted by atomic mass is 35.5. The number of rotatable bonds is 6. The van der Waals surface area contributed by atoms with E-state index >= 15 is 0 Å². The molecule has 1 aromatic carbocycles. The summed E-state index contributed by atoms with van der Waals surface area (Å²) < 4.78 is 64.3. The molecule has 0 aromatic heterocycles. The molecule has 0 aliphatic heterocycles. The zero-order valence-corrected chi connectivity index (χ0v) is 13.0. The van der Waals surface area contributed by atoms with E-state index < -0.39 is 32.2 Å². The Labute approximate surface area is 132 Å². The first kappa shape index (κ1) is 20.7. The van der Waals surface area contributed by atoms with Gasteiger partial charge in [-0.25, -0.2) is 13.1 Å². The summed E-state index contributed by atoms with van der Waals surface area (Å²) in [4.78, 5) is -0.526. The fourth-order valence-corrected chi connectivity index (χ4v) is 2.68. The van der Waals surface area contributed by atoms with Gasteiger partial charge in [-0.15, -0.1) is 12.4 Å². The molecule has 0 amide bonds. The van der Waals surface area contributed by atoms with E-state index in [1.165, 1.54) is 6.07 Å². The molecule has 0 bridgehead atoms. The van der Waals surface area contributed by atoms with Gasteiger partial charge < -0.3 is 5.73 Å². The van der Waals surface area contributed by atoms with Crippen molar-refractivity contribution in [1.82, 2.24) is 4.72 Å². The average molecular weight is 358 g/mol. The van der Waals surface area contributed by atoms with Crippen molar-refractivity contribution in [2.24, 2.45) is 5.73 Å². The normalized spacial score (nSPS) is 11.6. The highest BCUT2D eigenvalue weighted by Gasteiger charge is 2.34. The number of unbranched alkanes of at least 4 members (excludes halogenated alkanes) is 1. The first-order chi connectivity index (χ1) is 9.72. The van der Waals surface area contributed by atoms with Crippen molar-refractivity contribution in [3.05, 3.63) is 29.3 Å². The fraction of sp³-hybridized carbons (Fsp3) is 0.417. The predicted octanol–water partition coefficient (Wildman–Crippen LogP) is 2.02. The molecule has 0 saturated heterocycles. The van der Waals surface area contributed by atoms with E-state index in [9.17, 15) is 21.6 Å². The van der Waals surface area contributed by atoms with Gasteiger partial charge in [0.15, 0.2) is 0 Å². The number of nitrogens with two attached hydrogens (primary N) is 1. The topological polar surface area (TPSA) is 96.0 Å². The SMILES string of the molecule is Cl.N#Cc1ccc(S(=O)(=O)NCCCCN)cc1C(F)(F)F. The minimum Gasteiger partial charge on any atom is -0.330 e. The first-order valence-electron chi connectivity index (χ1n) is 6.03. The minimum atomic E-state index is -4.80. The summed E-state index contributed by atoms with van der Waals surface area (Å²) in [6.07, 6.45) is -3.71. The van der Waals surface area contributed by atoms with Gasteiger partial charge in [-0.05, 0) is 37.6 Å². The van der Waals surface area contributed by atoms with Crippen molar-refractivity contribution in [1.29, 1.82) is 5.26 Å². The molecule has 124 valence electrons. The van der Waals surface area contributed by atoms with Crippen LogP contribution >= 0.6 is 12.4 Å². The van der Waals surface area contributed by atoms with Crippen molar-refractivity contribution in [2.45, 2.75) is 23.9 Å². The smallest absolute Gasteiger partial charge is 0.330 e. The highest BCUT2D eigenvalue weighted by molar-refractivity contribution is 7.89.